The summed E-state index contributed by atoms with van der Waals surface area (Å²) in [5, 5.41) is 5.42. The van der Waals surface area contributed by atoms with E-state index >= 15 is 0 Å². The first-order valence-corrected chi connectivity index (χ1v) is 6.75. The molecule has 1 aromatic carbocycles. The van der Waals surface area contributed by atoms with E-state index in [1.807, 2.05) is 0 Å². The highest BCUT2D eigenvalue weighted by Crippen LogP contribution is 2.18. The minimum absolute atomic E-state index is 0.186. The molecule has 1 saturated carbocycles. The van der Waals surface area contributed by atoms with Gasteiger partial charge in [0.2, 0.25) is 0 Å². The summed E-state index contributed by atoms with van der Waals surface area (Å²) in [7, 11) is 0. The second-order valence-electron chi connectivity index (χ2n) is 4.95. The molecular weight excluding hydrogens is 245 g/mol. The molecule has 1 fully saturated rings. The van der Waals surface area contributed by atoms with Crippen molar-refractivity contribution in [1.82, 2.24) is 5.32 Å². The van der Waals surface area contributed by atoms with Gasteiger partial charge in [0.05, 0.1) is 5.69 Å². The molecule has 0 spiro atoms. The summed E-state index contributed by atoms with van der Waals surface area (Å²) < 4.78 is 13.7. The number of amides is 2. The predicted octanol–water partition coefficient (Wildman–Crippen LogP) is 2.74. The fourth-order valence-electron chi connectivity index (χ4n) is 2.38. The molecule has 4 nitrogen and oxygen atoms in total. The van der Waals surface area contributed by atoms with Crippen LogP contribution in [0, 0.1) is 5.82 Å². The third kappa shape index (κ3) is 3.92. The monoisotopic (exact) mass is 265 g/mol. The van der Waals surface area contributed by atoms with Crippen molar-refractivity contribution in [3.63, 3.8) is 0 Å². The average Bonchev–Trinajstić information content (AvgIpc) is 2.42. The Morgan fingerprint density at radius 2 is 2.05 bits per heavy atom. The fraction of sp³-hybridized carbons (Fsp3) is 0.500. The Morgan fingerprint density at radius 1 is 1.32 bits per heavy atom. The number of nitrogens with two attached hydrogens (primary N) is 1. The molecule has 0 aromatic heterocycles. The van der Waals surface area contributed by atoms with Crippen LogP contribution in [0.4, 0.5) is 14.9 Å². The Bertz CT molecular complexity index is 444. The number of carbonyl (C=O) groups is 1. The van der Waals surface area contributed by atoms with Crippen molar-refractivity contribution >= 4 is 11.7 Å². The molecule has 1 aliphatic rings. The van der Waals surface area contributed by atoms with Gasteiger partial charge in [-0.2, -0.15) is 0 Å². The van der Waals surface area contributed by atoms with Crippen molar-refractivity contribution < 1.29 is 9.18 Å². The quantitative estimate of drug-likeness (QED) is 0.786. The Morgan fingerprint density at radius 3 is 2.68 bits per heavy atom. The number of benzene rings is 1. The van der Waals surface area contributed by atoms with E-state index in [-0.39, 0.29) is 24.3 Å². The standard InChI is InChI=1S/C14H20FN3O/c15-12-8-10(9-16)6-7-13(12)18-14(19)17-11-4-2-1-3-5-11/h6-8,11H,1-5,9,16H2,(H2,17,18,19). The molecule has 0 heterocycles. The van der Waals surface area contributed by atoms with Crippen LogP contribution in [0.15, 0.2) is 18.2 Å². The van der Waals surface area contributed by atoms with Crippen molar-refractivity contribution in [3.8, 4) is 0 Å². The molecule has 0 atom stereocenters. The summed E-state index contributed by atoms with van der Waals surface area (Å²) in [6, 6.07) is 4.46. The van der Waals surface area contributed by atoms with Crippen LogP contribution >= 0.6 is 0 Å². The SMILES string of the molecule is NCc1ccc(NC(=O)NC2CCCCC2)c(F)c1. The maximum absolute atomic E-state index is 13.7. The van der Waals surface area contributed by atoms with Crippen molar-refractivity contribution in [2.45, 2.75) is 44.7 Å². The van der Waals surface area contributed by atoms with Gasteiger partial charge in [0.25, 0.3) is 0 Å². The molecule has 4 N–H and O–H groups in total. The van der Waals surface area contributed by atoms with Crippen LogP contribution in [0.25, 0.3) is 0 Å². The van der Waals surface area contributed by atoms with Crippen LogP contribution in [-0.4, -0.2) is 12.1 Å². The number of nitrogens with one attached hydrogen (secondary N) is 2. The highest BCUT2D eigenvalue weighted by molar-refractivity contribution is 5.89. The van der Waals surface area contributed by atoms with Crippen LogP contribution < -0.4 is 16.4 Å². The van der Waals surface area contributed by atoms with E-state index in [0.29, 0.717) is 5.56 Å². The second kappa shape index (κ2) is 6.52. The number of rotatable bonds is 3. The van der Waals surface area contributed by atoms with Gasteiger partial charge in [-0.15, -0.1) is 0 Å². The maximum atomic E-state index is 13.7. The summed E-state index contributed by atoms with van der Waals surface area (Å²) in [4.78, 5) is 11.8. The lowest BCUT2D eigenvalue weighted by molar-refractivity contribution is 0.244. The normalized spacial score (nSPS) is 16.1. The van der Waals surface area contributed by atoms with Gasteiger partial charge in [-0.25, -0.2) is 9.18 Å². The molecule has 0 unspecified atom stereocenters. The third-order valence-corrected chi connectivity index (χ3v) is 3.46. The molecule has 1 aromatic rings. The van der Waals surface area contributed by atoms with Crippen molar-refractivity contribution in [2.75, 3.05) is 5.32 Å². The molecule has 1 aliphatic carbocycles. The first-order valence-electron chi connectivity index (χ1n) is 6.75. The Hall–Kier alpha value is -1.62. The third-order valence-electron chi connectivity index (χ3n) is 3.46. The molecule has 104 valence electrons. The number of anilines is 1. The zero-order chi connectivity index (χ0) is 13.7. The van der Waals surface area contributed by atoms with Gasteiger partial charge in [-0.05, 0) is 30.5 Å². The van der Waals surface area contributed by atoms with Crippen LogP contribution in [0.3, 0.4) is 0 Å². The molecule has 2 rings (SSSR count). The number of carbonyl (C=O) groups excluding carboxylic acids is 1. The van der Waals surface area contributed by atoms with E-state index in [0.717, 1.165) is 25.7 Å². The van der Waals surface area contributed by atoms with Gasteiger partial charge in [0, 0.05) is 12.6 Å². The van der Waals surface area contributed by atoms with Crippen molar-refractivity contribution in [1.29, 1.82) is 0 Å². The predicted molar refractivity (Wildman–Crippen MR) is 73.3 cm³/mol. The second-order valence-corrected chi connectivity index (χ2v) is 4.95. The molecule has 5 heteroatoms. The number of hydrogen-bond acceptors (Lipinski definition) is 2. The lowest BCUT2D eigenvalue weighted by Crippen LogP contribution is -2.39. The lowest BCUT2D eigenvalue weighted by Gasteiger charge is -2.22. The van der Waals surface area contributed by atoms with Crippen LogP contribution in [-0.2, 0) is 6.54 Å². The molecule has 2 amide bonds. The Balaban J connectivity index is 1.91. The van der Waals surface area contributed by atoms with Gasteiger partial charge < -0.3 is 16.4 Å². The summed E-state index contributed by atoms with van der Waals surface area (Å²) >= 11 is 0. The van der Waals surface area contributed by atoms with Crippen LogP contribution in [0.5, 0.6) is 0 Å². The first-order chi connectivity index (χ1) is 9.19. The molecule has 0 aliphatic heterocycles. The van der Waals surface area contributed by atoms with Crippen LogP contribution in [0.2, 0.25) is 0 Å². The Labute approximate surface area is 112 Å². The average molecular weight is 265 g/mol. The summed E-state index contributed by atoms with van der Waals surface area (Å²) in [6.45, 7) is 0.283. The maximum Gasteiger partial charge on any atom is 0.319 e. The van der Waals surface area contributed by atoms with E-state index < -0.39 is 5.82 Å². The van der Waals surface area contributed by atoms with Crippen LogP contribution in [0.1, 0.15) is 37.7 Å². The summed E-state index contributed by atoms with van der Waals surface area (Å²) in [6.07, 6.45) is 5.52. The van der Waals surface area contributed by atoms with Gasteiger partial charge in [-0.1, -0.05) is 25.3 Å². The molecular formula is C14H20FN3O. The van der Waals surface area contributed by atoms with E-state index in [1.165, 1.54) is 18.6 Å². The van der Waals surface area contributed by atoms with Gasteiger partial charge in [0.15, 0.2) is 0 Å². The topological polar surface area (TPSA) is 67.1 Å². The first kappa shape index (κ1) is 13.8. The largest absolute Gasteiger partial charge is 0.335 e. The fourth-order valence-corrected chi connectivity index (χ4v) is 2.38. The highest BCUT2D eigenvalue weighted by Gasteiger charge is 2.16. The molecule has 19 heavy (non-hydrogen) atoms. The van der Waals surface area contributed by atoms with E-state index in [2.05, 4.69) is 10.6 Å². The molecule has 0 radical (unpaired) electrons. The summed E-state index contributed by atoms with van der Waals surface area (Å²) in [5.74, 6) is -0.457. The Kier molecular flexibility index (Phi) is 4.74. The summed E-state index contributed by atoms with van der Waals surface area (Å²) in [5.41, 5.74) is 6.32. The lowest BCUT2D eigenvalue weighted by atomic mass is 9.96. The number of hydrogen-bond donors (Lipinski definition) is 3. The van der Waals surface area contributed by atoms with Crippen molar-refractivity contribution in [2.24, 2.45) is 5.73 Å². The smallest absolute Gasteiger partial charge is 0.319 e. The number of urea groups is 1. The van der Waals surface area contributed by atoms with Gasteiger partial charge in [-0.3, -0.25) is 0 Å². The zero-order valence-corrected chi connectivity index (χ0v) is 10.9. The van der Waals surface area contributed by atoms with Crippen molar-refractivity contribution in [3.05, 3.63) is 29.6 Å². The molecule has 0 bridgehead atoms. The van der Waals surface area contributed by atoms with Gasteiger partial charge >= 0.3 is 6.03 Å². The van der Waals surface area contributed by atoms with E-state index in [9.17, 15) is 9.18 Å². The van der Waals surface area contributed by atoms with E-state index in [1.54, 1.807) is 6.07 Å². The number of halogens is 1. The minimum Gasteiger partial charge on any atom is -0.335 e. The minimum atomic E-state index is -0.457. The van der Waals surface area contributed by atoms with Gasteiger partial charge in [0.1, 0.15) is 5.82 Å². The van der Waals surface area contributed by atoms with E-state index in [4.69, 9.17) is 5.73 Å². The molecule has 0 saturated heterocycles. The zero-order valence-electron chi connectivity index (χ0n) is 10.9. The highest BCUT2D eigenvalue weighted by atomic mass is 19.1.